The molecular formula is C35H31F5N6O4S2. The van der Waals surface area contributed by atoms with Crippen LogP contribution in [0.15, 0.2) is 55.1 Å². The van der Waals surface area contributed by atoms with Gasteiger partial charge in [-0.2, -0.15) is 0 Å². The topological polar surface area (TPSA) is 154 Å². The first kappa shape index (κ1) is 37.7. The molecule has 0 aliphatic carbocycles. The third-order valence-corrected chi connectivity index (χ3v) is 9.79. The SMILES string of the molecule is CC.Cc1cncc2sc(C(=O)NCc3cc(F)c(F)cc3F)c(N)c12.Cc1cncc2sc(C(=O)NCc3ccc4c(c3)OC(F)(F)O4)c(N)c12. The molecule has 7 rings (SSSR count). The molecule has 6 N–H and O–H groups in total. The predicted molar refractivity (Wildman–Crippen MR) is 190 cm³/mol. The van der Waals surface area contributed by atoms with Crippen LogP contribution in [0.4, 0.5) is 33.3 Å². The Balaban J connectivity index is 0.000000193. The molecule has 0 saturated carbocycles. The highest BCUT2D eigenvalue weighted by molar-refractivity contribution is 7.22. The second-order valence-electron chi connectivity index (χ2n) is 11.0. The number of rotatable bonds is 6. The van der Waals surface area contributed by atoms with Gasteiger partial charge >= 0.3 is 6.29 Å². The Morgan fingerprint density at radius 3 is 1.77 bits per heavy atom. The van der Waals surface area contributed by atoms with E-state index in [9.17, 15) is 31.5 Å². The Labute approximate surface area is 301 Å². The average molecular weight is 759 g/mol. The molecule has 17 heteroatoms. The number of aryl methyl sites for hydroxylation is 2. The molecule has 6 aromatic rings. The first-order valence-corrected chi connectivity index (χ1v) is 17.2. The standard InChI is InChI=1S/C17H13F2N3O3S.C16H12F3N3OS.C2H6/c1-8-5-21-7-12-13(8)14(20)15(26-12)16(23)22-6-9-2-3-10-11(4-9)25-17(18,19)24-10;1-7-4-21-6-12-13(7)14(20)15(24-12)16(23)22-5-8-2-10(18)11(19)3-9(8)17;1-2/h2-5,7H,6,20H2,1H3,(H,22,23);2-4,6H,5,20H2,1H3,(H,22,23);1-2H3. The van der Waals surface area contributed by atoms with Gasteiger partial charge in [0.15, 0.2) is 23.1 Å². The summed E-state index contributed by atoms with van der Waals surface area (Å²) in [6, 6.07) is 5.51. The van der Waals surface area contributed by atoms with Crippen LogP contribution in [0.3, 0.4) is 0 Å². The number of alkyl halides is 2. The van der Waals surface area contributed by atoms with Gasteiger partial charge in [0.25, 0.3) is 11.8 Å². The number of ether oxygens (including phenoxy) is 2. The number of halogens is 5. The van der Waals surface area contributed by atoms with Gasteiger partial charge in [-0.15, -0.1) is 31.5 Å². The largest absolute Gasteiger partial charge is 0.586 e. The van der Waals surface area contributed by atoms with E-state index in [1.165, 1.54) is 23.5 Å². The van der Waals surface area contributed by atoms with Crippen LogP contribution in [0, 0.1) is 31.3 Å². The molecular weight excluding hydrogens is 728 g/mol. The average Bonchev–Trinajstić information content (AvgIpc) is 3.75. The zero-order valence-corrected chi connectivity index (χ0v) is 29.6. The van der Waals surface area contributed by atoms with Crippen LogP contribution in [0.1, 0.15) is 55.4 Å². The van der Waals surface area contributed by atoms with Gasteiger partial charge in [0.1, 0.15) is 15.6 Å². The molecule has 5 heterocycles. The number of aromatic nitrogens is 2. The Hall–Kier alpha value is -5.55. The summed E-state index contributed by atoms with van der Waals surface area (Å²) in [5.41, 5.74) is 15.0. The van der Waals surface area contributed by atoms with Gasteiger partial charge in [-0.3, -0.25) is 19.6 Å². The van der Waals surface area contributed by atoms with Gasteiger partial charge in [0.05, 0.1) is 20.8 Å². The molecule has 4 aromatic heterocycles. The molecule has 1 aliphatic rings. The van der Waals surface area contributed by atoms with E-state index in [0.29, 0.717) is 33.9 Å². The molecule has 0 bridgehead atoms. The van der Waals surface area contributed by atoms with E-state index in [-0.39, 0.29) is 40.9 Å². The van der Waals surface area contributed by atoms with E-state index >= 15 is 0 Å². The first-order valence-electron chi connectivity index (χ1n) is 15.6. The smallest absolute Gasteiger partial charge is 0.397 e. The van der Waals surface area contributed by atoms with Crippen LogP contribution in [0.25, 0.3) is 20.2 Å². The van der Waals surface area contributed by atoms with Gasteiger partial charge in [-0.1, -0.05) is 19.9 Å². The molecule has 52 heavy (non-hydrogen) atoms. The van der Waals surface area contributed by atoms with Gasteiger partial charge in [0.2, 0.25) is 0 Å². The molecule has 2 aromatic carbocycles. The van der Waals surface area contributed by atoms with Gasteiger partial charge in [-0.25, -0.2) is 13.2 Å². The Bertz CT molecular complexity index is 2310. The van der Waals surface area contributed by atoms with Crippen LogP contribution < -0.4 is 31.6 Å². The van der Waals surface area contributed by atoms with Crippen LogP contribution in [-0.4, -0.2) is 28.1 Å². The first-order chi connectivity index (χ1) is 24.7. The van der Waals surface area contributed by atoms with E-state index < -0.39 is 29.7 Å². The fourth-order valence-electron chi connectivity index (χ4n) is 5.14. The van der Waals surface area contributed by atoms with Crippen LogP contribution in [0.5, 0.6) is 11.5 Å². The number of nitrogens with two attached hydrogens (primary N) is 2. The molecule has 1 aliphatic heterocycles. The number of nitrogens with zero attached hydrogens (tertiary/aromatic N) is 2. The highest BCUT2D eigenvalue weighted by Gasteiger charge is 2.43. The number of nitrogens with one attached hydrogen (secondary N) is 2. The summed E-state index contributed by atoms with van der Waals surface area (Å²) in [7, 11) is 0. The van der Waals surface area contributed by atoms with E-state index in [4.69, 9.17) is 11.5 Å². The number of nitrogen functional groups attached to an aromatic ring is 2. The summed E-state index contributed by atoms with van der Waals surface area (Å²) < 4.78 is 76.1. The third-order valence-electron chi connectivity index (χ3n) is 7.51. The number of thiophene rings is 2. The molecule has 0 unspecified atom stereocenters. The van der Waals surface area contributed by atoms with Crippen molar-refractivity contribution in [3.05, 3.63) is 105 Å². The highest BCUT2D eigenvalue weighted by atomic mass is 32.1. The molecule has 0 radical (unpaired) electrons. The van der Waals surface area contributed by atoms with Crippen molar-refractivity contribution in [3.63, 3.8) is 0 Å². The van der Waals surface area contributed by atoms with Crippen molar-refractivity contribution in [3.8, 4) is 11.5 Å². The minimum absolute atomic E-state index is 0.0400. The van der Waals surface area contributed by atoms with E-state index in [1.54, 1.807) is 30.9 Å². The maximum Gasteiger partial charge on any atom is 0.586 e. The van der Waals surface area contributed by atoms with Crippen molar-refractivity contribution in [1.82, 2.24) is 20.6 Å². The van der Waals surface area contributed by atoms with Crippen LogP contribution in [-0.2, 0) is 13.1 Å². The van der Waals surface area contributed by atoms with Crippen molar-refractivity contribution >= 4 is 66.0 Å². The van der Waals surface area contributed by atoms with Crippen molar-refractivity contribution in [2.24, 2.45) is 0 Å². The molecule has 272 valence electrons. The van der Waals surface area contributed by atoms with Gasteiger partial charge < -0.3 is 31.6 Å². The van der Waals surface area contributed by atoms with Crippen molar-refractivity contribution in [2.45, 2.75) is 47.1 Å². The van der Waals surface area contributed by atoms with Gasteiger partial charge in [-0.05, 0) is 48.7 Å². The number of amides is 2. The summed E-state index contributed by atoms with van der Waals surface area (Å²) in [5, 5.41) is 6.77. The lowest BCUT2D eigenvalue weighted by Gasteiger charge is -2.06. The monoisotopic (exact) mass is 758 g/mol. The normalized spacial score (nSPS) is 12.5. The van der Waals surface area contributed by atoms with Crippen molar-refractivity contribution in [1.29, 1.82) is 0 Å². The second-order valence-corrected chi connectivity index (χ2v) is 13.1. The van der Waals surface area contributed by atoms with Gasteiger partial charge in [0, 0.05) is 60.3 Å². The number of anilines is 2. The Kier molecular flexibility index (Phi) is 11.1. The number of benzene rings is 2. The number of carbonyl (C=O) groups is 2. The Morgan fingerprint density at radius 1 is 0.731 bits per heavy atom. The molecule has 0 saturated heterocycles. The predicted octanol–water partition coefficient (Wildman–Crippen LogP) is 8.00. The lowest BCUT2D eigenvalue weighted by Crippen LogP contribution is -2.26. The van der Waals surface area contributed by atoms with Crippen molar-refractivity contribution in [2.75, 3.05) is 11.5 Å². The summed E-state index contributed by atoms with van der Waals surface area (Å²) >= 11 is 2.42. The van der Waals surface area contributed by atoms with E-state index in [2.05, 4.69) is 30.1 Å². The quantitative estimate of drug-likeness (QED) is 0.0985. The number of fused-ring (bicyclic) bond motifs is 3. The summed E-state index contributed by atoms with van der Waals surface area (Å²) in [6.07, 6.45) is 2.94. The maximum atomic E-state index is 13.6. The minimum atomic E-state index is -3.67. The lowest BCUT2D eigenvalue weighted by atomic mass is 10.1. The van der Waals surface area contributed by atoms with Crippen molar-refractivity contribution < 1.29 is 41.0 Å². The van der Waals surface area contributed by atoms with E-state index in [0.717, 1.165) is 42.6 Å². The summed E-state index contributed by atoms with van der Waals surface area (Å²) in [4.78, 5) is 33.6. The summed E-state index contributed by atoms with van der Waals surface area (Å²) in [5.74, 6) is -4.35. The molecule has 0 atom stereocenters. The van der Waals surface area contributed by atoms with Crippen LogP contribution in [0.2, 0.25) is 0 Å². The van der Waals surface area contributed by atoms with E-state index in [1.807, 2.05) is 27.7 Å². The number of pyridine rings is 2. The maximum absolute atomic E-state index is 13.6. The Morgan fingerprint density at radius 2 is 1.23 bits per heavy atom. The summed E-state index contributed by atoms with van der Waals surface area (Å²) in [6.45, 7) is 7.55. The lowest BCUT2D eigenvalue weighted by molar-refractivity contribution is -0.286. The molecule has 2 amide bonds. The molecule has 0 fully saturated rings. The third kappa shape index (κ3) is 7.84. The second kappa shape index (κ2) is 15.4. The number of carbonyl (C=O) groups excluding carboxylic acids is 2. The molecule has 10 nitrogen and oxygen atoms in total. The molecule has 0 spiro atoms. The fraction of sp³-hybridized carbons (Fsp3) is 0.200. The number of hydrogen-bond acceptors (Lipinski definition) is 10. The number of hydrogen-bond donors (Lipinski definition) is 4. The van der Waals surface area contributed by atoms with Crippen LogP contribution >= 0.6 is 22.7 Å². The minimum Gasteiger partial charge on any atom is -0.397 e. The zero-order valence-electron chi connectivity index (χ0n) is 28.0. The highest BCUT2D eigenvalue weighted by Crippen LogP contribution is 2.41. The zero-order chi connectivity index (χ0) is 37.9. The fourth-order valence-corrected chi connectivity index (χ4v) is 7.31.